The largest absolute Gasteiger partial charge is 0.310 e. The van der Waals surface area contributed by atoms with Crippen molar-refractivity contribution in [3.8, 4) is 0 Å². The molecule has 21 heavy (non-hydrogen) atoms. The highest BCUT2D eigenvalue weighted by molar-refractivity contribution is 9.10. The fourth-order valence-electron chi connectivity index (χ4n) is 2.21. The van der Waals surface area contributed by atoms with Gasteiger partial charge in [-0.25, -0.2) is 8.78 Å². The van der Waals surface area contributed by atoms with Crippen LogP contribution in [0.2, 0.25) is 0 Å². The summed E-state index contributed by atoms with van der Waals surface area (Å²) in [5.41, 5.74) is 1.69. The molecule has 1 N–H and O–H groups in total. The number of rotatable bonds is 5. The Kier molecular flexibility index (Phi) is 5.90. The first kappa shape index (κ1) is 16.6. The highest BCUT2D eigenvalue weighted by atomic mass is 79.9. The number of nitrogens with one attached hydrogen (secondary N) is 1. The molecule has 0 aliphatic rings. The summed E-state index contributed by atoms with van der Waals surface area (Å²) in [5.74, 6) is -0.585. The molecule has 112 valence electrons. The smallest absolute Gasteiger partial charge is 0.137 e. The first-order valence-electron chi connectivity index (χ1n) is 6.64. The first-order chi connectivity index (χ1) is 10.0. The lowest BCUT2D eigenvalue weighted by atomic mass is 9.98. The molecule has 0 fully saturated rings. The zero-order chi connectivity index (χ0) is 15.4. The third-order valence-corrected chi connectivity index (χ3v) is 4.78. The van der Waals surface area contributed by atoms with E-state index in [0.29, 0.717) is 15.4 Å². The Morgan fingerprint density at radius 1 is 1.10 bits per heavy atom. The predicted octanol–water partition coefficient (Wildman–Crippen LogP) is 5.38. The Morgan fingerprint density at radius 2 is 1.86 bits per heavy atom. The summed E-state index contributed by atoms with van der Waals surface area (Å²) in [5, 5.41) is 3.32. The van der Waals surface area contributed by atoms with Crippen molar-refractivity contribution in [1.82, 2.24) is 5.32 Å². The fraction of sp³-hybridized carbons (Fsp3) is 0.250. The van der Waals surface area contributed by atoms with Gasteiger partial charge in [0.15, 0.2) is 0 Å². The molecule has 5 heteroatoms. The van der Waals surface area contributed by atoms with Crippen LogP contribution in [0.5, 0.6) is 0 Å². The van der Waals surface area contributed by atoms with E-state index in [0.717, 1.165) is 17.7 Å². The molecule has 1 unspecified atom stereocenters. The van der Waals surface area contributed by atoms with E-state index in [2.05, 4.69) is 37.2 Å². The summed E-state index contributed by atoms with van der Waals surface area (Å²) in [6, 6.07) is 9.95. The molecule has 2 aromatic carbocycles. The van der Waals surface area contributed by atoms with Gasteiger partial charge in [-0.05, 0) is 74.2 Å². The maximum Gasteiger partial charge on any atom is 0.137 e. The summed E-state index contributed by atoms with van der Waals surface area (Å²) >= 11 is 6.43. The second kappa shape index (κ2) is 7.47. The number of benzene rings is 2. The van der Waals surface area contributed by atoms with E-state index in [1.54, 1.807) is 12.1 Å². The van der Waals surface area contributed by atoms with Crippen LogP contribution >= 0.6 is 31.9 Å². The molecule has 0 saturated heterocycles. The lowest BCUT2D eigenvalue weighted by molar-refractivity contribution is 0.537. The fourth-order valence-corrected chi connectivity index (χ4v) is 2.88. The molecule has 0 heterocycles. The minimum Gasteiger partial charge on any atom is -0.310 e. The molecule has 1 atom stereocenters. The molecule has 0 amide bonds. The van der Waals surface area contributed by atoms with E-state index in [1.165, 1.54) is 12.1 Å². The third kappa shape index (κ3) is 4.11. The average Bonchev–Trinajstić information content (AvgIpc) is 2.46. The quantitative estimate of drug-likeness (QED) is 0.686. The van der Waals surface area contributed by atoms with Crippen molar-refractivity contribution in [1.29, 1.82) is 0 Å². The van der Waals surface area contributed by atoms with Gasteiger partial charge in [0.1, 0.15) is 11.6 Å². The molecule has 0 saturated carbocycles. The van der Waals surface area contributed by atoms with Crippen molar-refractivity contribution in [2.75, 3.05) is 6.54 Å². The maximum atomic E-state index is 13.7. The van der Waals surface area contributed by atoms with Crippen molar-refractivity contribution in [2.45, 2.75) is 19.4 Å². The third-order valence-electron chi connectivity index (χ3n) is 3.25. The molecular weight excluding hydrogens is 404 g/mol. The van der Waals surface area contributed by atoms with Gasteiger partial charge in [-0.3, -0.25) is 0 Å². The SMILES string of the molecule is CCNC(Cc1cccc(F)c1Br)c1ccc(Br)c(F)c1. The summed E-state index contributed by atoms with van der Waals surface area (Å²) in [7, 11) is 0. The van der Waals surface area contributed by atoms with Gasteiger partial charge in [-0.15, -0.1) is 0 Å². The Balaban J connectivity index is 2.30. The van der Waals surface area contributed by atoms with Crippen molar-refractivity contribution in [2.24, 2.45) is 0 Å². The van der Waals surface area contributed by atoms with Crippen molar-refractivity contribution in [3.05, 3.63) is 68.1 Å². The van der Waals surface area contributed by atoms with Crippen LogP contribution in [0, 0.1) is 11.6 Å². The predicted molar refractivity (Wildman–Crippen MR) is 88.3 cm³/mol. The van der Waals surface area contributed by atoms with Gasteiger partial charge < -0.3 is 5.32 Å². The highest BCUT2D eigenvalue weighted by Gasteiger charge is 2.15. The Hall–Kier alpha value is -0.780. The van der Waals surface area contributed by atoms with E-state index in [-0.39, 0.29) is 17.7 Å². The summed E-state index contributed by atoms with van der Waals surface area (Å²) in [6.45, 7) is 2.73. The molecule has 0 bridgehead atoms. The van der Waals surface area contributed by atoms with Crippen LogP contribution in [-0.4, -0.2) is 6.54 Å². The normalized spacial score (nSPS) is 12.4. The van der Waals surface area contributed by atoms with Crippen LogP contribution < -0.4 is 5.32 Å². The lowest BCUT2D eigenvalue weighted by Gasteiger charge is -2.19. The average molecular weight is 419 g/mol. The van der Waals surface area contributed by atoms with Gasteiger partial charge in [-0.2, -0.15) is 0 Å². The van der Waals surface area contributed by atoms with Crippen LogP contribution in [0.1, 0.15) is 24.1 Å². The minimum atomic E-state index is -0.297. The molecule has 1 nitrogen and oxygen atoms in total. The molecule has 0 aliphatic heterocycles. The van der Waals surface area contributed by atoms with Crippen LogP contribution in [0.15, 0.2) is 45.3 Å². The first-order valence-corrected chi connectivity index (χ1v) is 8.22. The number of hydrogen-bond donors (Lipinski definition) is 1. The molecule has 0 aliphatic carbocycles. The van der Waals surface area contributed by atoms with Gasteiger partial charge in [0.2, 0.25) is 0 Å². The van der Waals surface area contributed by atoms with E-state index in [1.807, 2.05) is 19.1 Å². The molecule has 2 aromatic rings. The Labute approximate surface area is 140 Å². The standard InChI is InChI=1S/C16H15Br2F2N/c1-2-21-15(10-6-7-12(17)14(20)8-10)9-11-4-3-5-13(19)16(11)18/h3-8,15,21H,2,9H2,1H3. The molecule has 0 spiro atoms. The second-order valence-electron chi connectivity index (χ2n) is 4.70. The minimum absolute atomic E-state index is 0.0734. The van der Waals surface area contributed by atoms with Crippen LogP contribution in [0.4, 0.5) is 8.78 Å². The van der Waals surface area contributed by atoms with E-state index >= 15 is 0 Å². The lowest BCUT2D eigenvalue weighted by Crippen LogP contribution is -2.23. The van der Waals surface area contributed by atoms with Crippen molar-refractivity contribution >= 4 is 31.9 Å². The van der Waals surface area contributed by atoms with E-state index < -0.39 is 0 Å². The summed E-state index contributed by atoms with van der Waals surface area (Å²) < 4.78 is 28.2. The molecular formula is C16H15Br2F2N. The van der Waals surface area contributed by atoms with Gasteiger partial charge in [0.25, 0.3) is 0 Å². The topological polar surface area (TPSA) is 12.0 Å². The summed E-state index contributed by atoms with van der Waals surface area (Å²) in [4.78, 5) is 0. The number of halogens is 4. The zero-order valence-electron chi connectivity index (χ0n) is 11.5. The van der Waals surface area contributed by atoms with E-state index in [4.69, 9.17) is 0 Å². The van der Waals surface area contributed by atoms with Crippen LogP contribution in [0.25, 0.3) is 0 Å². The Bertz CT molecular complexity index is 632. The van der Waals surface area contributed by atoms with Crippen molar-refractivity contribution < 1.29 is 8.78 Å². The Morgan fingerprint density at radius 3 is 2.52 bits per heavy atom. The molecule has 2 rings (SSSR count). The molecule has 0 aromatic heterocycles. The van der Waals surface area contributed by atoms with Gasteiger partial charge in [-0.1, -0.05) is 25.1 Å². The van der Waals surface area contributed by atoms with E-state index in [9.17, 15) is 8.78 Å². The maximum absolute atomic E-state index is 13.7. The van der Waals surface area contributed by atoms with Gasteiger partial charge >= 0.3 is 0 Å². The van der Waals surface area contributed by atoms with Crippen LogP contribution in [0.3, 0.4) is 0 Å². The summed E-state index contributed by atoms with van der Waals surface area (Å²) in [6.07, 6.45) is 0.577. The van der Waals surface area contributed by atoms with Gasteiger partial charge in [0.05, 0.1) is 8.95 Å². The number of likely N-dealkylation sites (N-methyl/N-ethyl adjacent to an activating group) is 1. The molecule has 0 radical (unpaired) electrons. The second-order valence-corrected chi connectivity index (χ2v) is 6.35. The zero-order valence-corrected chi connectivity index (χ0v) is 14.6. The van der Waals surface area contributed by atoms with Crippen LogP contribution in [-0.2, 0) is 6.42 Å². The van der Waals surface area contributed by atoms with Gasteiger partial charge in [0, 0.05) is 6.04 Å². The van der Waals surface area contributed by atoms with Crippen molar-refractivity contribution in [3.63, 3.8) is 0 Å². The monoisotopic (exact) mass is 417 g/mol. The highest BCUT2D eigenvalue weighted by Crippen LogP contribution is 2.27. The number of hydrogen-bond acceptors (Lipinski definition) is 1.